The third kappa shape index (κ3) is 2.42. The van der Waals surface area contributed by atoms with Gasteiger partial charge in [-0.05, 0) is 38.3 Å². The maximum Gasteiger partial charge on any atom is 0.226 e. The largest absolute Gasteiger partial charge is 0.489 e. The zero-order valence-electron chi connectivity index (χ0n) is 11.2. The van der Waals surface area contributed by atoms with Gasteiger partial charge < -0.3 is 15.4 Å². The van der Waals surface area contributed by atoms with Crippen molar-refractivity contribution in [2.45, 2.75) is 39.2 Å². The minimum atomic E-state index is 0.0668. The normalized spacial score (nSPS) is 15.6. The summed E-state index contributed by atoms with van der Waals surface area (Å²) >= 11 is 0. The van der Waals surface area contributed by atoms with Crippen molar-refractivity contribution < 1.29 is 9.53 Å². The van der Waals surface area contributed by atoms with Crippen molar-refractivity contribution in [1.29, 1.82) is 0 Å². The van der Waals surface area contributed by atoms with Gasteiger partial charge in [0.1, 0.15) is 5.75 Å². The van der Waals surface area contributed by atoms with E-state index in [9.17, 15) is 4.79 Å². The first kappa shape index (κ1) is 12.7. The number of hydrogen-bond donors (Lipinski definition) is 1. The molecule has 0 radical (unpaired) electrons. The van der Waals surface area contributed by atoms with Gasteiger partial charge in [-0.3, -0.25) is 4.79 Å². The summed E-state index contributed by atoms with van der Waals surface area (Å²) in [4.78, 5) is 13.6. The van der Waals surface area contributed by atoms with E-state index in [1.54, 1.807) is 4.90 Å². The van der Waals surface area contributed by atoms with Gasteiger partial charge >= 0.3 is 0 Å². The van der Waals surface area contributed by atoms with Crippen LogP contribution in [0.5, 0.6) is 5.75 Å². The number of aryl methyl sites for hydroxylation is 1. The van der Waals surface area contributed by atoms with Crippen LogP contribution in [0.15, 0.2) is 12.1 Å². The van der Waals surface area contributed by atoms with E-state index in [2.05, 4.69) is 0 Å². The quantitative estimate of drug-likeness (QED) is 0.817. The smallest absolute Gasteiger partial charge is 0.226 e. The number of carbonyl (C=O) groups is 1. The van der Waals surface area contributed by atoms with E-state index in [4.69, 9.17) is 10.5 Å². The number of carbonyl (C=O) groups excluding carboxylic acids is 1. The number of anilines is 2. The van der Waals surface area contributed by atoms with Crippen LogP contribution in [0.2, 0.25) is 0 Å². The highest BCUT2D eigenvalue weighted by Gasteiger charge is 2.20. The predicted molar refractivity (Wildman–Crippen MR) is 73.0 cm³/mol. The second kappa shape index (κ2) is 4.88. The first-order chi connectivity index (χ1) is 8.49. The number of nitrogens with two attached hydrogens (primary N) is 1. The molecule has 0 bridgehead atoms. The van der Waals surface area contributed by atoms with Gasteiger partial charge in [0.05, 0.1) is 17.5 Å². The topological polar surface area (TPSA) is 55.6 Å². The molecule has 98 valence electrons. The van der Waals surface area contributed by atoms with Crippen LogP contribution < -0.4 is 15.4 Å². The zero-order chi connectivity index (χ0) is 13.3. The molecule has 18 heavy (non-hydrogen) atoms. The first-order valence-corrected chi connectivity index (χ1v) is 6.34. The summed E-state index contributed by atoms with van der Waals surface area (Å²) in [6, 6.07) is 3.82. The molecule has 0 fully saturated rings. The molecule has 0 unspecified atom stereocenters. The molecule has 0 spiro atoms. The van der Waals surface area contributed by atoms with Crippen molar-refractivity contribution in [2.75, 3.05) is 17.7 Å². The van der Waals surface area contributed by atoms with E-state index in [0.717, 1.165) is 24.1 Å². The van der Waals surface area contributed by atoms with Crippen molar-refractivity contribution in [3.8, 4) is 5.75 Å². The van der Waals surface area contributed by atoms with Crippen LogP contribution in [0.4, 0.5) is 11.4 Å². The molecule has 1 amide bonds. The highest BCUT2D eigenvalue weighted by Crippen LogP contribution is 2.34. The Morgan fingerprint density at radius 2 is 2.06 bits per heavy atom. The molecule has 1 aliphatic heterocycles. The summed E-state index contributed by atoms with van der Waals surface area (Å²) in [5.74, 6) is 0.805. The Morgan fingerprint density at radius 3 is 2.72 bits per heavy atom. The lowest BCUT2D eigenvalue weighted by Crippen LogP contribution is -2.25. The lowest BCUT2D eigenvalue weighted by atomic mass is 10.1. The Hall–Kier alpha value is -1.71. The van der Waals surface area contributed by atoms with Crippen molar-refractivity contribution in [1.82, 2.24) is 0 Å². The molecule has 0 aliphatic carbocycles. The standard InChI is InChI=1S/C14H20N2O2/c1-9(2)18-13-8-12-10(7-11(13)15)5-4-6-14(17)16(12)3/h7-9H,4-6,15H2,1-3H3. The molecule has 0 saturated carbocycles. The van der Waals surface area contributed by atoms with Crippen LogP contribution in [0.1, 0.15) is 32.3 Å². The van der Waals surface area contributed by atoms with Crippen LogP contribution in [0, 0.1) is 0 Å². The number of hydrogen-bond acceptors (Lipinski definition) is 3. The Balaban J connectivity index is 2.44. The van der Waals surface area contributed by atoms with E-state index in [1.165, 1.54) is 0 Å². The van der Waals surface area contributed by atoms with Crippen LogP contribution in [-0.4, -0.2) is 19.1 Å². The van der Waals surface area contributed by atoms with Gasteiger partial charge in [-0.25, -0.2) is 0 Å². The van der Waals surface area contributed by atoms with Crippen LogP contribution in [0.3, 0.4) is 0 Å². The van der Waals surface area contributed by atoms with Gasteiger partial charge in [0.2, 0.25) is 5.91 Å². The summed E-state index contributed by atoms with van der Waals surface area (Å²) in [5.41, 5.74) is 8.68. The molecule has 0 atom stereocenters. The minimum Gasteiger partial charge on any atom is -0.489 e. The maximum absolute atomic E-state index is 11.8. The van der Waals surface area contributed by atoms with Gasteiger partial charge in [0, 0.05) is 19.5 Å². The molecular formula is C14H20N2O2. The van der Waals surface area contributed by atoms with Gasteiger partial charge in [0.25, 0.3) is 0 Å². The predicted octanol–water partition coefficient (Wildman–Crippen LogP) is 2.36. The molecule has 4 heteroatoms. The van der Waals surface area contributed by atoms with E-state index < -0.39 is 0 Å². The molecule has 0 saturated heterocycles. The maximum atomic E-state index is 11.8. The molecular weight excluding hydrogens is 228 g/mol. The average molecular weight is 248 g/mol. The second-order valence-corrected chi connectivity index (χ2v) is 4.99. The fraction of sp³-hybridized carbons (Fsp3) is 0.500. The van der Waals surface area contributed by atoms with E-state index in [0.29, 0.717) is 17.9 Å². The summed E-state index contributed by atoms with van der Waals surface area (Å²) in [6.07, 6.45) is 2.42. The first-order valence-electron chi connectivity index (χ1n) is 6.34. The molecule has 1 aromatic carbocycles. The number of benzene rings is 1. The Bertz CT molecular complexity index is 469. The highest BCUT2D eigenvalue weighted by molar-refractivity contribution is 5.95. The van der Waals surface area contributed by atoms with Gasteiger partial charge in [-0.1, -0.05) is 0 Å². The van der Waals surface area contributed by atoms with Crippen LogP contribution >= 0.6 is 0 Å². The monoisotopic (exact) mass is 248 g/mol. The Kier molecular flexibility index (Phi) is 3.45. The van der Waals surface area contributed by atoms with Gasteiger partial charge in [-0.15, -0.1) is 0 Å². The van der Waals surface area contributed by atoms with Crippen molar-refractivity contribution in [3.05, 3.63) is 17.7 Å². The minimum absolute atomic E-state index is 0.0668. The van der Waals surface area contributed by atoms with Crippen LogP contribution in [0.25, 0.3) is 0 Å². The van der Waals surface area contributed by atoms with E-state index in [1.807, 2.05) is 33.0 Å². The number of nitrogen functional groups attached to an aromatic ring is 1. The van der Waals surface area contributed by atoms with Gasteiger partial charge in [0.15, 0.2) is 0 Å². The molecule has 1 heterocycles. The molecule has 1 aromatic rings. The number of fused-ring (bicyclic) bond motifs is 1. The molecule has 1 aliphatic rings. The number of ether oxygens (including phenoxy) is 1. The lowest BCUT2D eigenvalue weighted by molar-refractivity contribution is -0.118. The molecule has 4 nitrogen and oxygen atoms in total. The van der Waals surface area contributed by atoms with Crippen molar-refractivity contribution in [3.63, 3.8) is 0 Å². The SMILES string of the molecule is CC(C)Oc1cc2c(cc1N)CCCC(=O)N2C. The summed E-state index contributed by atoms with van der Waals surface area (Å²) < 4.78 is 5.67. The number of nitrogens with zero attached hydrogens (tertiary/aromatic N) is 1. The Morgan fingerprint density at radius 1 is 1.33 bits per heavy atom. The van der Waals surface area contributed by atoms with E-state index in [-0.39, 0.29) is 12.0 Å². The second-order valence-electron chi connectivity index (χ2n) is 4.99. The van der Waals surface area contributed by atoms with Crippen LogP contribution in [-0.2, 0) is 11.2 Å². The third-order valence-electron chi connectivity index (χ3n) is 3.15. The Labute approximate surface area is 108 Å². The average Bonchev–Trinajstić information content (AvgIpc) is 2.41. The number of rotatable bonds is 2. The highest BCUT2D eigenvalue weighted by atomic mass is 16.5. The summed E-state index contributed by atoms with van der Waals surface area (Å²) in [6.45, 7) is 3.92. The molecule has 2 rings (SSSR count). The molecule has 2 N–H and O–H groups in total. The third-order valence-corrected chi connectivity index (χ3v) is 3.15. The van der Waals surface area contributed by atoms with E-state index >= 15 is 0 Å². The summed E-state index contributed by atoms with van der Waals surface area (Å²) in [5, 5.41) is 0. The fourth-order valence-corrected chi connectivity index (χ4v) is 2.23. The van der Waals surface area contributed by atoms with Gasteiger partial charge in [-0.2, -0.15) is 0 Å². The van der Waals surface area contributed by atoms with Crippen molar-refractivity contribution >= 4 is 17.3 Å². The lowest BCUT2D eigenvalue weighted by Gasteiger charge is -2.20. The van der Waals surface area contributed by atoms with Crippen molar-refractivity contribution in [2.24, 2.45) is 0 Å². The molecule has 0 aromatic heterocycles. The fourth-order valence-electron chi connectivity index (χ4n) is 2.23. The number of amides is 1. The summed E-state index contributed by atoms with van der Waals surface area (Å²) in [7, 11) is 1.81. The zero-order valence-corrected chi connectivity index (χ0v) is 11.2.